The third-order valence-electron chi connectivity index (χ3n) is 1.61. The van der Waals surface area contributed by atoms with E-state index in [0.717, 1.165) is 5.69 Å². The fourth-order valence-electron chi connectivity index (χ4n) is 1.06. The average molecular weight is 179 g/mol. The van der Waals surface area contributed by atoms with Gasteiger partial charge in [-0.15, -0.1) is 12.6 Å². The van der Waals surface area contributed by atoms with Crippen molar-refractivity contribution < 1.29 is 0 Å². The van der Waals surface area contributed by atoms with Crippen LogP contribution in [0, 0.1) is 0 Å². The first kappa shape index (κ1) is 7.43. The molecule has 0 aromatic heterocycles. The van der Waals surface area contributed by atoms with Crippen molar-refractivity contribution >= 4 is 38.1 Å². The lowest BCUT2D eigenvalue weighted by molar-refractivity contribution is 1.25. The number of hydrogen-bond donors (Lipinski definition) is 1. The van der Waals surface area contributed by atoms with Gasteiger partial charge in [-0.05, 0) is 12.1 Å². The normalized spacial score (nSPS) is 21.9. The van der Waals surface area contributed by atoms with Crippen molar-refractivity contribution in [3.05, 3.63) is 24.3 Å². The summed E-state index contributed by atoms with van der Waals surface area (Å²) in [5, 5.41) is 0. The summed E-state index contributed by atoms with van der Waals surface area (Å²) in [6.45, 7) is 0. The molecule has 1 heterocycles. The van der Waals surface area contributed by atoms with Crippen molar-refractivity contribution in [1.82, 2.24) is 0 Å². The summed E-state index contributed by atoms with van der Waals surface area (Å²) in [6.07, 6.45) is 0. The highest BCUT2D eigenvalue weighted by molar-refractivity contribution is 8.11. The zero-order valence-corrected chi connectivity index (χ0v) is 7.48. The first-order valence-electron chi connectivity index (χ1n) is 3.27. The maximum Gasteiger partial charge on any atom is 0.229 e. The molecule has 1 aromatic carbocycles. The van der Waals surface area contributed by atoms with Crippen molar-refractivity contribution in [2.45, 2.75) is 9.60 Å². The van der Waals surface area contributed by atoms with Gasteiger partial charge in [0.05, 0.1) is 0 Å². The molecule has 0 bridgehead atoms. The molecule has 0 saturated heterocycles. The molecular weight excluding hydrogens is 173 g/mol. The maximum absolute atomic E-state index is 5.73. The van der Waals surface area contributed by atoms with Gasteiger partial charge in [-0.2, -0.15) is 0 Å². The predicted octanol–water partition coefficient (Wildman–Crippen LogP) is 1.90. The minimum absolute atomic E-state index is 0.0624. The van der Waals surface area contributed by atoms with Gasteiger partial charge >= 0.3 is 0 Å². The molecule has 0 aliphatic carbocycles. The number of benzene rings is 1. The van der Waals surface area contributed by atoms with E-state index >= 15 is 0 Å². The van der Waals surface area contributed by atoms with Gasteiger partial charge < -0.3 is 4.81 Å². The molecule has 2 rings (SSSR count). The van der Waals surface area contributed by atoms with Crippen molar-refractivity contribution in [3.8, 4) is 0 Å². The standard InChI is InChI=1S/C7H6BNS2/c8-9-5-3-1-2-4-6(5)11-7(9)10/h1-4,7,10H. The van der Waals surface area contributed by atoms with Gasteiger partial charge in [0.25, 0.3) is 0 Å². The Morgan fingerprint density at radius 1 is 1.45 bits per heavy atom. The van der Waals surface area contributed by atoms with E-state index in [4.69, 9.17) is 7.98 Å². The Labute approximate surface area is 77.0 Å². The highest BCUT2D eigenvalue weighted by Gasteiger charge is 2.22. The largest absolute Gasteiger partial charge is 0.405 e. The van der Waals surface area contributed by atoms with Crippen molar-refractivity contribution in [2.24, 2.45) is 0 Å². The minimum atomic E-state index is 0.0624. The van der Waals surface area contributed by atoms with Crippen LogP contribution in [-0.2, 0) is 0 Å². The number of para-hydroxylation sites is 1. The summed E-state index contributed by atoms with van der Waals surface area (Å²) in [5.41, 5.74) is 1.07. The van der Waals surface area contributed by atoms with Crippen LogP contribution in [0.5, 0.6) is 0 Å². The molecular formula is C7H6BNS2. The number of fused-ring (bicyclic) bond motifs is 1. The van der Waals surface area contributed by atoms with E-state index in [1.54, 1.807) is 16.6 Å². The van der Waals surface area contributed by atoms with E-state index in [0.29, 0.717) is 0 Å². The molecule has 0 spiro atoms. The van der Waals surface area contributed by atoms with E-state index < -0.39 is 0 Å². The monoisotopic (exact) mass is 179 g/mol. The molecule has 1 aliphatic heterocycles. The van der Waals surface area contributed by atoms with Crippen LogP contribution in [0.25, 0.3) is 0 Å². The van der Waals surface area contributed by atoms with Gasteiger partial charge in [0.1, 0.15) is 4.71 Å². The summed E-state index contributed by atoms with van der Waals surface area (Å²) in [6, 6.07) is 8.03. The molecule has 0 amide bonds. The molecule has 11 heavy (non-hydrogen) atoms. The predicted molar refractivity (Wildman–Crippen MR) is 53.3 cm³/mol. The van der Waals surface area contributed by atoms with E-state index in [1.807, 2.05) is 18.2 Å². The summed E-state index contributed by atoms with van der Waals surface area (Å²) < 4.78 is 0.0624. The topological polar surface area (TPSA) is 3.24 Å². The molecule has 2 radical (unpaired) electrons. The Kier molecular flexibility index (Phi) is 1.81. The van der Waals surface area contributed by atoms with Crippen molar-refractivity contribution in [2.75, 3.05) is 4.81 Å². The molecule has 1 atom stereocenters. The lowest BCUT2D eigenvalue weighted by Gasteiger charge is -2.16. The van der Waals surface area contributed by atoms with E-state index in [1.165, 1.54) is 4.90 Å². The number of thioether (sulfide) groups is 1. The average Bonchev–Trinajstić information content (AvgIpc) is 2.30. The maximum atomic E-state index is 5.73. The Morgan fingerprint density at radius 2 is 2.18 bits per heavy atom. The summed E-state index contributed by atoms with van der Waals surface area (Å²) in [5.74, 6) is 0. The van der Waals surface area contributed by atoms with E-state index in [2.05, 4.69) is 18.7 Å². The minimum Gasteiger partial charge on any atom is -0.405 e. The van der Waals surface area contributed by atoms with Gasteiger partial charge in [0, 0.05) is 10.6 Å². The fourth-order valence-corrected chi connectivity index (χ4v) is 2.43. The summed E-state index contributed by atoms with van der Waals surface area (Å²) >= 11 is 5.96. The number of hydrogen-bond acceptors (Lipinski definition) is 3. The molecule has 1 aromatic rings. The van der Waals surface area contributed by atoms with E-state index in [-0.39, 0.29) is 4.71 Å². The third kappa shape index (κ3) is 1.14. The lowest BCUT2D eigenvalue weighted by atomic mass is 10.2. The van der Waals surface area contributed by atoms with Crippen LogP contribution in [0.1, 0.15) is 0 Å². The Morgan fingerprint density at radius 3 is 2.91 bits per heavy atom. The van der Waals surface area contributed by atoms with Gasteiger partial charge in [-0.25, -0.2) is 0 Å². The van der Waals surface area contributed by atoms with Gasteiger partial charge in [-0.1, -0.05) is 23.9 Å². The number of thiol groups is 1. The smallest absolute Gasteiger partial charge is 0.229 e. The zero-order chi connectivity index (χ0) is 7.84. The molecule has 0 saturated carbocycles. The molecule has 54 valence electrons. The zero-order valence-electron chi connectivity index (χ0n) is 5.77. The van der Waals surface area contributed by atoms with Crippen molar-refractivity contribution in [1.29, 1.82) is 0 Å². The van der Waals surface area contributed by atoms with Crippen LogP contribution in [-0.4, -0.2) is 12.7 Å². The lowest BCUT2D eigenvalue weighted by Crippen LogP contribution is -2.20. The van der Waals surface area contributed by atoms with E-state index in [9.17, 15) is 0 Å². The van der Waals surface area contributed by atoms with Gasteiger partial charge in [0.2, 0.25) is 7.98 Å². The second kappa shape index (κ2) is 2.68. The van der Waals surface area contributed by atoms with Crippen LogP contribution < -0.4 is 4.81 Å². The van der Waals surface area contributed by atoms with Crippen LogP contribution in [0.3, 0.4) is 0 Å². The second-order valence-corrected chi connectivity index (χ2v) is 4.28. The van der Waals surface area contributed by atoms with Crippen molar-refractivity contribution in [3.63, 3.8) is 0 Å². The Hall–Kier alpha value is -0.215. The highest BCUT2D eigenvalue weighted by Crippen LogP contribution is 2.42. The van der Waals surface area contributed by atoms with Crippen LogP contribution >= 0.6 is 24.4 Å². The molecule has 4 heteroatoms. The van der Waals surface area contributed by atoms with Gasteiger partial charge in [0.15, 0.2) is 0 Å². The molecule has 1 aliphatic rings. The number of anilines is 1. The first-order chi connectivity index (χ1) is 5.29. The summed E-state index contributed by atoms with van der Waals surface area (Å²) in [7, 11) is 5.73. The van der Waals surface area contributed by atoms with Gasteiger partial charge in [-0.3, -0.25) is 0 Å². The highest BCUT2D eigenvalue weighted by atomic mass is 32.2. The molecule has 1 nitrogen and oxygen atoms in total. The van der Waals surface area contributed by atoms with Crippen LogP contribution in [0.4, 0.5) is 5.69 Å². The molecule has 0 N–H and O–H groups in total. The van der Waals surface area contributed by atoms with Crippen LogP contribution in [0.2, 0.25) is 0 Å². The quantitative estimate of drug-likeness (QED) is 0.478. The Bertz CT molecular complexity index is 279. The number of rotatable bonds is 0. The Balaban J connectivity index is 2.47. The fraction of sp³-hybridized carbons (Fsp3) is 0.143. The number of nitrogens with zero attached hydrogens (tertiary/aromatic N) is 1. The first-order valence-corrected chi connectivity index (χ1v) is 4.66. The molecule has 0 fully saturated rings. The van der Waals surface area contributed by atoms with Crippen LogP contribution in [0.15, 0.2) is 29.2 Å². The summed E-state index contributed by atoms with van der Waals surface area (Å²) in [4.78, 5) is 2.87. The second-order valence-electron chi connectivity index (χ2n) is 2.32. The third-order valence-corrected chi connectivity index (χ3v) is 3.22. The molecule has 1 unspecified atom stereocenters. The SMILES string of the molecule is [B]N1c2ccccc2SC1S.